The summed E-state index contributed by atoms with van der Waals surface area (Å²) in [6, 6.07) is 2.04. The molecule has 0 aliphatic carbocycles. The SMILES string of the molecule is CCc1cc(-c2nc(CSC(C)(C)C)no2)c(N)s1. The third-order valence-corrected chi connectivity index (χ3v) is 4.87. The Labute approximate surface area is 121 Å². The van der Waals surface area contributed by atoms with E-state index in [1.54, 1.807) is 23.1 Å². The summed E-state index contributed by atoms with van der Waals surface area (Å²) in [6.07, 6.45) is 0.968. The van der Waals surface area contributed by atoms with Crippen LogP contribution in [-0.2, 0) is 12.2 Å². The smallest absolute Gasteiger partial charge is 0.260 e. The number of thioether (sulfide) groups is 1. The number of nitrogens with two attached hydrogens (primary N) is 1. The molecule has 0 amide bonds. The fourth-order valence-corrected chi connectivity index (χ4v) is 3.04. The Kier molecular flexibility index (Phi) is 4.20. The number of aryl methyl sites for hydroxylation is 1. The first-order valence-corrected chi connectivity index (χ1v) is 8.04. The minimum atomic E-state index is 0.192. The molecule has 6 heteroatoms. The van der Waals surface area contributed by atoms with Gasteiger partial charge in [-0.3, -0.25) is 0 Å². The Balaban J connectivity index is 2.14. The van der Waals surface area contributed by atoms with Crippen molar-refractivity contribution in [3.8, 4) is 11.5 Å². The van der Waals surface area contributed by atoms with Crippen LogP contribution in [0.2, 0.25) is 0 Å². The van der Waals surface area contributed by atoms with Gasteiger partial charge in [0.05, 0.1) is 16.3 Å². The highest BCUT2D eigenvalue weighted by molar-refractivity contribution is 7.99. The van der Waals surface area contributed by atoms with Gasteiger partial charge < -0.3 is 10.3 Å². The number of anilines is 1. The summed E-state index contributed by atoms with van der Waals surface area (Å²) in [7, 11) is 0. The van der Waals surface area contributed by atoms with Crippen molar-refractivity contribution in [2.75, 3.05) is 5.73 Å². The van der Waals surface area contributed by atoms with Crippen LogP contribution in [0.15, 0.2) is 10.6 Å². The lowest BCUT2D eigenvalue weighted by Crippen LogP contribution is -2.07. The molecule has 0 aliphatic heterocycles. The monoisotopic (exact) mass is 297 g/mol. The quantitative estimate of drug-likeness (QED) is 0.925. The van der Waals surface area contributed by atoms with Crippen molar-refractivity contribution in [2.24, 2.45) is 0 Å². The van der Waals surface area contributed by atoms with Crippen molar-refractivity contribution >= 4 is 28.1 Å². The Morgan fingerprint density at radius 1 is 1.42 bits per heavy atom. The molecule has 2 rings (SSSR count). The largest absolute Gasteiger partial charge is 0.390 e. The van der Waals surface area contributed by atoms with Gasteiger partial charge in [0.2, 0.25) is 0 Å². The molecule has 2 aromatic heterocycles. The van der Waals surface area contributed by atoms with Gasteiger partial charge in [0.15, 0.2) is 5.82 Å². The van der Waals surface area contributed by atoms with Crippen molar-refractivity contribution in [2.45, 2.75) is 44.6 Å². The van der Waals surface area contributed by atoms with Gasteiger partial charge in [0.25, 0.3) is 5.89 Å². The molecule has 4 nitrogen and oxygen atoms in total. The number of hydrogen-bond acceptors (Lipinski definition) is 6. The van der Waals surface area contributed by atoms with Crippen LogP contribution in [0.25, 0.3) is 11.5 Å². The van der Waals surface area contributed by atoms with Gasteiger partial charge in [0.1, 0.15) is 0 Å². The molecule has 0 saturated carbocycles. The van der Waals surface area contributed by atoms with Gasteiger partial charge in [0, 0.05) is 9.62 Å². The Bertz CT molecular complexity index is 554. The van der Waals surface area contributed by atoms with Gasteiger partial charge in [-0.25, -0.2) is 0 Å². The Hall–Kier alpha value is -1.01. The van der Waals surface area contributed by atoms with E-state index >= 15 is 0 Å². The van der Waals surface area contributed by atoms with Crippen LogP contribution in [-0.4, -0.2) is 14.9 Å². The molecule has 0 spiro atoms. The van der Waals surface area contributed by atoms with E-state index in [-0.39, 0.29) is 4.75 Å². The number of hydrogen-bond donors (Lipinski definition) is 1. The molecule has 0 aliphatic rings. The first kappa shape index (κ1) is 14.4. The summed E-state index contributed by atoms with van der Waals surface area (Å²) < 4.78 is 5.50. The molecule has 0 saturated heterocycles. The van der Waals surface area contributed by atoms with Gasteiger partial charge in [-0.05, 0) is 12.5 Å². The number of nitrogens with zero attached hydrogens (tertiary/aromatic N) is 2. The summed E-state index contributed by atoms with van der Waals surface area (Å²) in [5, 5.41) is 4.76. The predicted molar refractivity (Wildman–Crippen MR) is 82.4 cm³/mol. The van der Waals surface area contributed by atoms with Crippen LogP contribution in [0.3, 0.4) is 0 Å². The van der Waals surface area contributed by atoms with Crippen LogP contribution in [0, 0.1) is 0 Å². The van der Waals surface area contributed by atoms with Crippen molar-refractivity contribution in [1.29, 1.82) is 0 Å². The summed E-state index contributed by atoms with van der Waals surface area (Å²) in [4.78, 5) is 5.65. The highest BCUT2D eigenvalue weighted by Crippen LogP contribution is 2.34. The van der Waals surface area contributed by atoms with Crippen molar-refractivity contribution < 1.29 is 4.52 Å². The summed E-state index contributed by atoms with van der Waals surface area (Å²) in [5.41, 5.74) is 6.85. The second-order valence-electron chi connectivity index (χ2n) is 5.26. The molecule has 2 aromatic rings. The van der Waals surface area contributed by atoms with Gasteiger partial charge >= 0.3 is 0 Å². The lowest BCUT2D eigenvalue weighted by Gasteiger charge is -2.15. The zero-order valence-electron chi connectivity index (χ0n) is 11.7. The molecule has 2 N–H and O–H groups in total. The van der Waals surface area contributed by atoms with E-state index in [1.807, 2.05) is 6.07 Å². The topological polar surface area (TPSA) is 64.9 Å². The zero-order valence-corrected chi connectivity index (χ0v) is 13.3. The number of thiophene rings is 1. The maximum atomic E-state index is 5.99. The highest BCUT2D eigenvalue weighted by Gasteiger charge is 2.17. The standard InChI is InChI=1S/C13H19N3OS2/c1-5-8-6-9(11(14)19-8)12-15-10(16-17-12)7-18-13(2,3)4/h6H,5,7,14H2,1-4H3. The van der Waals surface area contributed by atoms with Gasteiger partial charge in [-0.2, -0.15) is 4.98 Å². The normalized spacial score (nSPS) is 12.0. The van der Waals surface area contributed by atoms with Crippen molar-refractivity contribution in [1.82, 2.24) is 10.1 Å². The third-order valence-electron chi connectivity index (χ3n) is 2.49. The molecule has 2 heterocycles. The minimum absolute atomic E-state index is 0.192. The first-order valence-electron chi connectivity index (χ1n) is 6.24. The minimum Gasteiger partial charge on any atom is -0.390 e. The van der Waals surface area contributed by atoms with E-state index in [0.717, 1.165) is 28.6 Å². The molecule has 19 heavy (non-hydrogen) atoms. The van der Waals surface area contributed by atoms with Gasteiger partial charge in [-0.1, -0.05) is 32.9 Å². The second kappa shape index (κ2) is 5.54. The third kappa shape index (κ3) is 3.73. The molecular formula is C13H19N3OS2. The first-order chi connectivity index (χ1) is 8.89. The maximum absolute atomic E-state index is 5.99. The lowest BCUT2D eigenvalue weighted by molar-refractivity contribution is 0.425. The fourth-order valence-electron chi connectivity index (χ4n) is 1.50. The Morgan fingerprint density at radius 3 is 2.74 bits per heavy atom. The molecule has 0 unspecified atom stereocenters. The van der Waals surface area contributed by atoms with Gasteiger partial charge in [-0.15, -0.1) is 23.1 Å². The number of rotatable bonds is 4. The number of aromatic nitrogens is 2. The van der Waals surface area contributed by atoms with Crippen LogP contribution >= 0.6 is 23.1 Å². The molecule has 0 aromatic carbocycles. The van der Waals surface area contributed by atoms with E-state index in [4.69, 9.17) is 10.3 Å². The second-order valence-corrected chi connectivity index (χ2v) is 8.23. The molecule has 104 valence electrons. The van der Waals surface area contributed by atoms with E-state index in [0.29, 0.717) is 5.89 Å². The van der Waals surface area contributed by atoms with Crippen molar-refractivity contribution in [3.63, 3.8) is 0 Å². The van der Waals surface area contributed by atoms with E-state index in [1.165, 1.54) is 4.88 Å². The summed E-state index contributed by atoms with van der Waals surface area (Å²) in [6.45, 7) is 8.61. The average Bonchev–Trinajstić information content (AvgIpc) is 2.91. The fraction of sp³-hybridized carbons (Fsp3) is 0.538. The van der Waals surface area contributed by atoms with E-state index in [2.05, 4.69) is 37.8 Å². The summed E-state index contributed by atoms with van der Waals surface area (Å²) >= 11 is 3.38. The number of nitrogen functional groups attached to an aromatic ring is 1. The van der Waals surface area contributed by atoms with Crippen LogP contribution in [0.5, 0.6) is 0 Å². The highest BCUT2D eigenvalue weighted by atomic mass is 32.2. The zero-order chi connectivity index (χ0) is 14.0. The van der Waals surface area contributed by atoms with Crippen LogP contribution in [0.1, 0.15) is 38.4 Å². The molecule has 0 fully saturated rings. The Morgan fingerprint density at radius 2 is 2.16 bits per heavy atom. The van der Waals surface area contributed by atoms with E-state index in [9.17, 15) is 0 Å². The predicted octanol–water partition coefficient (Wildman–Crippen LogP) is 3.97. The van der Waals surface area contributed by atoms with Crippen molar-refractivity contribution in [3.05, 3.63) is 16.8 Å². The molecular weight excluding hydrogens is 278 g/mol. The molecule has 0 radical (unpaired) electrons. The van der Waals surface area contributed by atoms with Crippen LogP contribution < -0.4 is 5.73 Å². The molecule has 0 atom stereocenters. The maximum Gasteiger partial charge on any atom is 0.260 e. The average molecular weight is 297 g/mol. The van der Waals surface area contributed by atoms with Crippen LogP contribution in [0.4, 0.5) is 5.00 Å². The van der Waals surface area contributed by atoms with E-state index < -0.39 is 0 Å². The summed E-state index contributed by atoms with van der Waals surface area (Å²) in [5.74, 6) is 1.99. The molecule has 0 bridgehead atoms. The lowest BCUT2D eigenvalue weighted by atomic mass is 10.2.